The van der Waals surface area contributed by atoms with E-state index in [-0.39, 0.29) is 5.41 Å². The first kappa shape index (κ1) is 68.4. The molecule has 116 heavy (non-hydrogen) atoms. The Morgan fingerprint density at radius 1 is 0.267 bits per heavy atom. The number of anilines is 6. The summed E-state index contributed by atoms with van der Waals surface area (Å²) in [5.41, 5.74) is 22.4. The molecule has 0 saturated carbocycles. The second-order valence-electron chi connectivity index (χ2n) is 40.3. The molecule has 0 bridgehead atoms. The quantitative estimate of drug-likeness (QED) is 0.107. The molecule has 2 aliphatic heterocycles. The average Bonchev–Trinajstić information content (AvgIpc) is 0.769. The predicted octanol–water partition coefficient (Wildman–Crippen LogP) is 29.2. The lowest BCUT2D eigenvalue weighted by atomic mass is 9.33. The number of fused-ring (bicyclic) bond motifs is 10. The number of benzene rings is 13. The van der Waals surface area contributed by atoms with Crippen LogP contribution in [0.3, 0.4) is 0 Å². The standard InChI is InChI=1S/C111H117BN4/c1-105(2,3)66-71-34-30-38-76(54-71)88-60-80(110(16,17)18)61-89(77-39-31-35-72(55-77)67-106(4,5)6)103(88)115-98-64-82(113-94-46-26-22-42-84(94)85-43-23-27-47-95(85)113)50-52-92(98)112-93-53-51-83(114-96-48-28-24-44-86(96)87-45-25-29-49-97(87)114)65-99(93)116(101-59-75(70-109(13,14)15)58-100(115)102(101)112)104-90(78-40-32-36-73(56-78)68-107(7,8)9)62-81(111(19,20)21)63-91(104)79-41-33-37-74(57-79)69-108(10,11)12/h22-65H,66-70H2,1-21H3/i66D2,67D2,68D2,69D2. The molecule has 2 aliphatic rings. The van der Waals surface area contributed by atoms with Gasteiger partial charge in [0.2, 0.25) is 0 Å². The molecule has 17 rings (SSSR count). The Kier molecular flexibility index (Phi) is 16.8. The Bertz CT molecular complexity index is 6120. The van der Waals surface area contributed by atoms with Crippen LogP contribution < -0.4 is 26.2 Å². The largest absolute Gasteiger partial charge is 0.310 e. The highest BCUT2D eigenvalue weighted by Crippen LogP contribution is 2.56. The van der Waals surface area contributed by atoms with Crippen LogP contribution in [0, 0.1) is 27.1 Å². The van der Waals surface area contributed by atoms with E-state index in [1.54, 1.807) is 0 Å². The van der Waals surface area contributed by atoms with Crippen LogP contribution in [0.25, 0.3) is 99.5 Å². The van der Waals surface area contributed by atoms with Crippen molar-refractivity contribution in [2.24, 2.45) is 27.1 Å². The summed E-state index contributed by atoms with van der Waals surface area (Å²) in [6.45, 7) is 43.7. The SMILES string of the molecule is [2H]C([2H])(c1cccc(-c2cc(C(C)(C)C)cc(-c3cccc(C([2H])([2H])C(C)(C)C)c3)c2N2c3cc(-n4c5ccccc5c5ccccc54)ccc3B3c4ccc(-n5c6ccccc6c6ccccc65)cc4N(c4c(-c5cccc(C([2H])([2H])C(C)(C)C)c5)cc(C(C)(C)C)cc4-c4cccc(C([2H])([2H])C(C)(C)C)c4)c4cc(CC(C)(C)C)cc2c43)c1)C(C)(C)C. The van der Waals surface area contributed by atoms with Gasteiger partial charge in [-0.25, -0.2) is 0 Å². The third kappa shape index (κ3) is 15.0. The summed E-state index contributed by atoms with van der Waals surface area (Å²) in [5.74, 6) is 0. The van der Waals surface area contributed by atoms with E-state index in [1.165, 1.54) is 0 Å². The number of para-hydroxylation sites is 4. The van der Waals surface area contributed by atoms with Crippen LogP contribution in [0.5, 0.6) is 0 Å². The van der Waals surface area contributed by atoms with Crippen molar-refractivity contribution >= 4 is 101 Å². The Morgan fingerprint density at radius 3 is 0.819 bits per heavy atom. The maximum absolute atomic E-state index is 10.1. The van der Waals surface area contributed by atoms with Gasteiger partial charge >= 0.3 is 0 Å². The molecule has 0 spiro atoms. The second-order valence-corrected chi connectivity index (χ2v) is 40.3. The highest BCUT2D eigenvalue weighted by Gasteiger charge is 2.47. The van der Waals surface area contributed by atoms with E-state index in [1.807, 2.05) is 132 Å². The van der Waals surface area contributed by atoms with E-state index in [0.717, 1.165) is 167 Å². The molecule has 5 heteroatoms. The van der Waals surface area contributed by atoms with Crippen LogP contribution >= 0.6 is 0 Å². The van der Waals surface area contributed by atoms with Gasteiger partial charge in [0.05, 0.1) is 33.4 Å². The monoisotopic (exact) mass is 1520 g/mol. The number of hydrogen-bond acceptors (Lipinski definition) is 2. The molecule has 0 N–H and O–H groups in total. The molecule has 2 aromatic heterocycles. The Hall–Kier alpha value is -10.9. The maximum Gasteiger partial charge on any atom is 0.252 e. The third-order valence-electron chi connectivity index (χ3n) is 22.7. The van der Waals surface area contributed by atoms with Crippen molar-refractivity contribution in [2.45, 2.75) is 188 Å². The smallest absolute Gasteiger partial charge is 0.252 e. The van der Waals surface area contributed by atoms with Gasteiger partial charge in [0.15, 0.2) is 0 Å². The minimum absolute atomic E-state index is 0.296. The minimum atomic E-state index is -1.79. The van der Waals surface area contributed by atoms with Crippen LogP contribution in [0.2, 0.25) is 0 Å². The fourth-order valence-electron chi connectivity index (χ4n) is 18.2. The molecule has 0 saturated heterocycles. The van der Waals surface area contributed by atoms with Crippen LogP contribution in [0.1, 0.15) is 195 Å². The van der Waals surface area contributed by atoms with E-state index in [9.17, 15) is 11.0 Å². The first-order chi connectivity index (χ1) is 58.0. The Balaban J connectivity index is 1.11. The van der Waals surface area contributed by atoms with Gasteiger partial charge in [-0.3, -0.25) is 0 Å². The molecule has 0 radical (unpaired) electrons. The average molecular weight is 1530 g/mol. The Morgan fingerprint density at radius 2 is 0.552 bits per heavy atom. The maximum atomic E-state index is 10.1. The van der Waals surface area contributed by atoms with Crippen molar-refractivity contribution in [1.29, 1.82) is 0 Å². The van der Waals surface area contributed by atoms with Crippen molar-refractivity contribution in [3.05, 3.63) is 306 Å². The fourth-order valence-corrected chi connectivity index (χ4v) is 18.2. The zero-order valence-electron chi connectivity index (χ0n) is 80.0. The van der Waals surface area contributed by atoms with Gasteiger partial charge in [0.1, 0.15) is 0 Å². The number of nitrogens with zero attached hydrogens (tertiary/aromatic N) is 4. The summed E-state index contributed by atoms with van der Waals surface area (Å²) in [5, 5.41) is 4.54. The summed E-state index contributed by atoms with van der Waals surface area (Å²) in [7, 11) is 0. The first-order valence-electron chi connectivity index (χ1n) is 45.8. The summed E-state index contributed by atoms with van der Waals surface area (Å²) in [6, 6.07) is 96.3. The zero-order chi connectivity index (χ0) is 88.8. The van der Waals surface area contributed by atoms with Crippen LogP contribution in [-0.2, 0) is 42.7 Å². The van der Waals surface area contributed by atoms with Crippen molar-refractivity contribution in [2.75, 3.05) is 9.80 Å². The van der Waals surface area contributed by atoms with Crippen LogP contribution in [-0.4, -0.2) is 15.8 Å². The lowest BCUT2D eigenvalue weighted by molar-refractivity contribution is 0.411. The van der Waals surface area contributed by atoms with Gasteiger partial charge in [-0.1, -0.05) is 327 Å². The predicted molar refractivity (Wildman–Crippen MR) is 504 cm³/mol. The number of hydrogen-bond donors (Lipinski definition) is 0. The molecule has 4 nitrogen and oxygen atoms in total. The van der Waals surface area contributed by atoms with Crippen molar-refractivity contribution in [3.63, 3.8) is 0 Å². The van der Waals surface area contributed by atoms with Gasteiger partial charge in [-0.2, -0.15) is 0 Å². The van der Waals surface area contributed by atoms with Crippen molar-refractivity contribution in [3.8, 4) is 55.9 Å². The first-order valence-corrected chi connectivity index (χ1v) is 41.8. The molecule has 0 aliphatic carbocycles. The van der Waals surface area contributed by atoms with Gasteiger partial charge in [0, 0.05) is 88.9 Å². The molecule has 0 atom stereocenters. The van der Waals surface area contributed by atoms with Crippen LogP contribution in [0.4, 0.5) is 34.1 Å². The molecule has 4 heterocycles. The number of rotatable bonds is 13. The molecule has 584 valence electrons. The van der Waals surface area contributed by atoms with Crippen molar-refractivity contribution < 1.29 is 11.0 Å². The second kappa shape index (κ2) is 28.5. The lowest BCUT2D eigenvalue weighted by Crippen LogP contribution is -2.61. The summed E-state index contributed by atoms with van der Waals surface area (Å²) >= 11 is 0. The van der Waals surface area contributed by atoms with Gasteiger partial charge in [-0.05, 0) is 232 Å². The molecule has 0 amide bonds. The molecular formula is C111H117BN4. The van der Waals surface area contributed by atoms with E-state index in [4.69, 9.17) is 0 Å². The van der Waals surface area contributed by atoms with E-state index in [2.05, 4.69) is 300 Å². The van der Waals surface area contributed by atoms with Crippen molar-refractivity contribution in [1.82, 2.24) is 9.13 Å². The number of aromatic nitrogens is 2. The normalized spacial score (nSPS) is 15.0. The summed E-state index contributed by atoms with van der Waals surface area (Å²) < 4.78 is 85.7. The fraction of sp³-hybridized carbons (Fsp3) is 0.297. The van der Waals surface area contributed by atoms with Gasteiger partial charge < -0.3 is 18.9 Å². The van der Waals surface area contributed by atoms with Gasteiger partial charge in [-0.15, -0.1) is 0 Å². The Labute approximate surface area is 703 Å². The lowest BCUT2D eigenvalue weighted by Gasteiger charge is -2.46. The highest BCUT2D eigenvalue weighted by molar-refractivity contribution is 7.00. The molecule has 15 aromatic rings. The highest BCUT2D eigenvalue weighted by atomic mass is 15.2. The van der Waals surface area contributed by atoms with E-state index >= 15 is 0 Å². The van der Waals surface area contributed by atoms with Crippen LogP contribution in [0.15, 0.2) is 267 Å². The molecule has 13 aromatic carbocycles. The van der Waals surface area contributed by atoms with E-state index < -0.39 is 64.7 Å². The summed E-state index contributed by atoms with van der Waals surface area (Å²) in [6.07, 6.45) is -6.52. The minimum Gasteiger partial charge on any atom is -0.310 e. The molecular weight excluding hydrogens is 1400 g/mol. The third-order valence-corrected chi connectivity index (χ3v) is 22.7. The van der Waals surface area contributed by atoms with Gasteiger partial charge in [0.25, 0.3) is 6.71 Å². The summed E-state index contributed by atoms with van der Waals surface area (Å²) in [4.78, 5) is 5.13. The molecule has 0 fully saturated rings. The topological polar surface area (TPSA) is 16.3 Å². The molecule has 0 unspecified atom stereocenters. The van der Waals surface area contributed by atoms with E-state index in [0.29, 0.717) is 28.7 Å². The zero-order valence-corrected chi connectivity index (χ0v) is 72.0.